The second kappa shape index (κ2) is 6.09. The molecule has 4 aromatic rings. The van der Waals surface area contributed by atoms with Crippen LogP contribution in [0.4, 0.5) is 5.13 Å². The molecule has 1 N–H and O–H groups in total. The van der Waals surface area contributed by atoms with Crippen LogP contribution in [0.15, 0.2) is 65.7 Å². The van der Waals surface area contributed by atoms with Gasteiger partial charge < -0.3 is 8.98 Å². The van der Waals surface area contributed by atoms with Crippen LogP contribution in [0.5, 0.6) is 0 Å². The van der Waals surface area contributed by atoms with Crippen molar-refractivity contribution in [2.45, 2.75) is 0 Å². The van der Waals surface area contributed by atoms with Gasteiger partial charge in [-0.3, -0.25) is 15.1 Å². The highest BCUT2D eigenvalue weighted by Gasteiger charge is 2.14. The van der Waals surface area contributed by atoms with Crippen molar-refractivity contribution in [2.24, 2.45) is 0 Å². The van der Waals surface area contributed by atoms with Crippen molar-refractivity contribution in [1.29, 1.82) is 0 Å². The van der Waals surface area contributed by atoms with E-state index in [0.717, 1.165) is 5.69 Å². The van der Waals surface area contributed by atoms with E-state index in [1.54, 1.807) is 30.7 Å². The van der Waals surface area contributed by atoms with Gasteiger partial charge in [-0.2, -0.15) is 0 Å². The minimum Gasteiger partial charge on any atom is -0.462 e. The monoisotopic (exact) mass is 337 g/mol. The molecule has 0 bridgehead atoms. The first-order valence-corrected chi connectivity index (χ1v) is 7.89. The Balaban J connectivity index is 1.53. The standard InChI is InChI=1S/C16H11N5O2S/c22-14(12-10-11(5-6-17-12)21-7-1-2-8-21)18-16-20-19-15(24-16)13-4-3-9-23-13/h1-10H,(H,18,20,22). The van der Waals surface area contributed by atoms with Crippen LogP contribution in [-0.4, -0.2) is 25.7 Å². The number of carbonyl (C=O) groups is 1. The summed E-state index contributed by atoms with van der Waals surface area (Å²) >= 11 is 1.23. The van der Waals surface area contributed by atoms with Crippen molar-refractivity contribution in [3.63, 3.8) is 0 Å². The first kappa shape index (κ1) is 14.3. The fraction of sp³-hybridized carbons (Fsp3) is 0. The Kier molecular flexibility index (Phi) is 3.64. The molecular weight excluding hydrogens is 326 g/mol. The highest BCUT2D eigenvalue weighted by Crippen LogP contribution is 2.26. The van der Waals surface area contributed by atoms with Crippen LogP contribution in [0.3, 0.4) is 0 Å². The van der Waals surface area contributed by atoms with Crippen molar-refractivity contribution in [1.82, 2.24) is 19.7 Å². The van der Waals surface area contributed by atoms with Crippen LogP contribution in [0.25, 0.3) is 16.5 Å². The van der Waals surface area contributed by atoms with Gasteiger partial charge in [0.25, 0.3) is 5.91 Å². The molecule has 0 saturated carbocycles. The number of nitrogens with zero attached hydrogens (tertiary/aromatic N) is 4. The quantitative estimate of drug-likeness (QED) is 0.618. The van der Waals surface area contributed by atoms with E-state index >= 15 is 0 Å². The van der Waals surface area contributed by atoms with Gasteiger partial charge in [0, 0.05) is 24.3 Å². The van der Waals surface area contributed by atoms with E-state index in [1.165, 1.54) is 11.3 Å². The van der Waals surface area contributed by atoms with Crippen LogP contribution in [0.2, 0.25) is 0 Å². The summed E-state index contributed by atoms with van der Waals surface area (Å²) in [5.74, 6) is 0.270. The molecule has 7 nitrogen and oxygen atoms in total. The molecule has 0 fully saturated rings. The number of hydrogen-bond donors (Lipinski definition) is 1. The molecule has 0 unspecified atom stereocenters. The lowest BCUT2D eigenvalue weighted by Crippen LogP contribution is -2.14. The molecule has 0 spiro atoms. The maximum atomic E-state index is 12.4. The average Bonchev–Trinajstić information content (AvgIpc) is 3.36. The van der Waals surface area contributed by atoms with Crippen LogP contribution >= 0.6 is 11.3 Å². The van der Waals surface area contributed by atoms with Gasteiger partial charge in [-0.05, 0) is 36.4 Å². The van der Waals surface area contributed by atoms with Gasteiger partial charge in [-0.15, -0.1) is 10.2 Å². The van der Waals surface area contributed by atoms with E-state index < -0.39 is 0 Å². The lowest BCUT2D eigenvalue weighted by Gasteiger charge is -2.05. The van der Waals surface area contributed by atoms with Crippen molar-refractivity contribution < 1.29 is 9.21 Å². The molecule has 0 atom stereocenters. The summed E-state index contributed by atoms with van der Waals surface area (Å²) in [6.07, 6.45) is 6.96. The Morgan fingerprint density at radius 2 is 2.04 bits per heavy atom. The highest BCUT2D eigenvalue weighted by molar-refractivity contribution is 7.18. The SMILES string of the molecule is O=C(Nc1nnc(-c2ccco2)s1)c1cc(-n2cccc2)ccn1. The predicted octanol–water partition coefficient (Wildman–Crippen LogP) is 3.24. The summed E-state index contributed by atoms with van der Waals surface area (Å²) in [7, 11) is 0. The molecule has 4 heterocycles. The summed E-state index contributed by atoms with van der Waals surface area (Å²) in [5, 5.41) is 11.6. The second-order valence-corrected chi connectivity index (χ2v) is 5.81. The van der Waals surface area contributed by atoms with E-state index in [4.69, 9.17) is 4.42 Å². The minimum atomic E-state index is -0.342. The zero-order valence-corrected chi connectivity index (χ0v) is 13.1. The van der Waals surface area contributed by atoms with Crippen molar-refractivity contribution in [2.75, 3.05) is 5.32 Å². The lowest BCUT2D eigenvalue weighted by molar-refractivity contribution is 0.102. The first-order chi connectivity index (χ1) is 11.8. The normalized spacial score (nSPS) is 10.7. The topological polar surface area (TPSA) is 85.8 Å². The third kappa shape index (κ3) is 2.82. The van der Waals surface area contributed by atoms with E-state index in [2.05, 4.69) is 20.5 Å². The molecule has 0 saturated heterocycles. The zero-order valence-electron chi connectivity index (χ0n) is 12.3. The summed E-state index contributed by atoms with van der Waals surface area (Å²) in [5.41, 5.74) is 1.16. The van der Waals surface area contributed by atoms with E-state index in [-0.39, 0.29) is 5.91 Å². The average molecular weight is 337 g/mol. The predicted molar refractivity (Wildman–Crippen MR) is 89.1 cm³/mol. The maximum Gasteiger partial charge on any atom is 0.276 e. The Labute approximate surface area is 140 Å². The molecule has 4 aromatic heterocycles. The molecule has 8 heteroatoms. The van der Waals surface area contributed by atoms with E-state index in [0.29, 0.717) is 21.6 Å². The van der Waals surface area contributed by atoms with Gasteiger partial charge in [-0.1, -0.05) is 11.3 Å². The van der Waals surface area contributed by atoms with Crippen LogP contribution in [0, 0.1) is 0 Å². The lowest BCUT2D eigenvalue weighted by atomic mass is 10.3. The number of anilines is 1. The number of amides is 1. The first-order valence-electron chi connectivity index (χ1n) is 7.08. The van der Waals surface area contributed by atoms with Gasteiger partial charge >= 0.3 is 0 Å². The number of pyridine rings is 1. The van der Waals surface area contributed by atoms with Crippen LogP contribution < -0.4 is 5.32 Å². The second-order valence-electron chi connectivity index (χ2n) is 4.83. The molecule has 118 valence electrons. The Bertz CT molecular complexity index is 960. The fourth-order valence-corrected chi connectivity index (χ4v) is 2.85. The van der Waals surface area contributed by atoms with Gasteiger partial charge in [0.1, 0.15) is 5.69 Å². The third-order valence-electron chi connectivity index (χ3n) is 3.26. The zero-order chi connectivity index (χ0) is 16.4. The number of nitrogens with one attached hydrogen (secondary N) is 1. The molecule has 0 aromatic carbocycles. The number of hydrogen-bond acceptors (Lipinski definition) is 6. The summed E-state index contributed by atoms with van der Waals surface area (Å²) in [6.45, 7) is 0. The Morgan fingerprint density at radius 1 is 1.17 bits per heavy atom. The maximum absolute atomic E-state index is 12.4. The smallest absolute Gasteiger partial charge is 0.276 e. The summed E-state index contributed by atoms with van der Waals surface area (Å²) < 4.78 is 7.16. The third-order valence-corrected chi connectivity index (χ3v) is 4.11. The van der Waals surface area contributed by atoms with Gasteiger partial charge in [0.15, 0.2) is 10.8 Å². The minimum absolute atomic E-state index is 0.302. The van der Waals surface area contributed by atoms with Gasteiger partial charge in [0.2, 0.25) is 5.13 Å². The molecule has 0 aliphatic carbocycles. The number of aromatic nitrogens is 4. The highest BCUT2D eigenvalue weighted by atomic mass is 32.1. The Hall–Kier alpha value is -3.26. The van der Waals surface area contributed by atoms with Crippen LogP contribution in [0.1, 0.15) is 10.5 Å². The summed E-state index contributed by atoms with van der Waals surface area (Å²) in [4.78, 5) is 16.5. The van der Waals surface area contributed by atoms with Gasteiger partial charge in [-0.25, -0.2) is 0 Å². The number of carbonyl (C=O) groups excluding carboxylic acids is 1. The molecule has 4 rings (SSSR count). The van der Waals surface area contributed by atoms with E-state index in [9.17, 15) is 4.79 Å². The van der Waals surface area contributed by atoms with E-state index in [1.807, 2.05) is 35.2 Å². The summed E-state index contributed by atoms with van der Waals surface area (Å²) in [6, 6.07) is 10.9. The van der Waals surface area contributed by atoms with Crippen molar-refractivity contribution in [3.8, 4) is 16.5 Å². The van der Waals surface area contributed by atoms with Crippen molar-refractivity contribution in [3.05, 3.63) is 66.9 Å². The molecular formula is C16H11N5O2S. The number of furan rings is 1. The van der Waals surface area contributed by atoms with Crippen LogP contribution in [-0.2, 0) is 0 Å². The number of rotatable bonds is 4. The largest absolute Gasteiger partial charge is 0.462 e. The van der Waals surface area contributed by atoms with Crippen molar-refractivity contribution >= 4 is 22.4 Å². The molecule has 24 heavy (non-hydrogen) atoms. The molecule has 1 amide bonds. The fourth-order valence-electron chi connectivity index (χ4n) is 2.15. The molecule has 0 aliphatic heterocycles. The Morgan fingerprint density at radius 3 is 2.83 bits per heavy atom. The van der Waals surface area contributed by atoms with Gasteiger partial charge in [0.05, 0.1) is 6.26 Å². The molecule has 0 aliphatic rings. The molecule has 0 radical (unpaired) electrons.